The molecular weight excluding hydrogens is 331 g/mol. The molecule has 130 valence electrons. The third-order valence-corrected chi connectivity index (χ3v) is 5.24. The largest absolute Gasteiger partial charge is 0.382 e. The number of aromatic amines is 1. The predicted molar refractivity (Wildman–Crippen MR) is 99.0 cm³/mol. The number of nitrogens with zero attached hydrogens (tertiary/aromatic N) is 2. The monoisotopic (exact) mass is 348 g/mol. The standard InChI is InChI=1S/C20H17FN4O/c1-10-12(3-4-16-13(10)6-7-23-16)11-2-5-17-24-20(22)18(25(17)9-11)19(26)14-8-15(14)21/h2-7,9,14-15,23H,8,22H2,1H3/t14-,15-/m1/s1. The fraction of sp³-hybridized carbons (Fsp3) is 0.200. The lowest BCUT2D eigenvalue weighted by Gasteiger charge is -2.09. The molecule has 3 N–H and O–H groups in total. The number of hydrogen-bond acceptors (Lipinski definition) is 3. The number of pyridine rings is 1. The molecule has 0 amide bonds. The van der Waals surface area contributed by atoms with E-state index in [4.69, 9.17) is 5.73 Å². The second-order valence-corrected chi connectivity index (χ2v) is 6.89. The highest BCUT2D eigenvalue weighted by Gasteiger charge is 2.45. The van der Waals surface area contributed by atoms with Crippen LogP contribution in [0.5, 0.6) is 0 Å². The van der Waals surface area contributed by atoms with E-state index in [2.05, 4.69) is 23.0 Å². The van der Waals surface area contributed by atoms with Crippen LogP contribution in [0.1, 0.15) is 22.5 Å². The topological polar surface area (TPSA) is 76.2 Å². The summed E-state index contributed by atoms with van der Waals surface area (Å²) in [5.74, 6) is -0.694. The van der Waals surface area contributed by atoms with Gasteiger partial charge in [0.05, 0.1) is 5.92 Å². The summed E-state index contributed by atoms with van der Waals surface area (Å²) < 4.78 is 15.1. The van der Waals surface area contributed by atoms with Crippen molar-refractivity contribution in [2.24, 2.45) is 5.92 Å². The Labute approximate surface area is 148 Å². The maximum Gasteiger partial charge on any atom is 0.189 e. The van der Waals surface area contributed by atoms with Crippen LogP contribution >= 0.6 is 0 Å². The molecule has 3 heterocycles. The van der Waals surface area contributed by atoms with Crippen LogP contribution in [0.15, 0.2) is 42.7 Å². The van der Waals surface area contributed by atoms with Crippen LogP contribution in [0.2, 0.25) is 0 Å². The summed E-state index contributed by atoms with van der Waals surface area (Å²) in [6.07, 6.45) is 2.99. The zero-order chi connectivity index (χ0) is 18.0. The van der Waals surface area contributed by atoms with Crippen LogP contribution in [-0.2, 0) is 0 Å². The number of imidazole rings is 1. The van der Waals surface area contributed by atoms with E-state index in [9.17, 15) is 9.18 Å². The van der Waals surface area contributed by atoms with Gasteiger partial charge in [-0.3, -0.25) is 9.20 Å². The normalized spacial score (nSPS) is 19.3. The number of nitrogens with one attached hydrogen (secondary N) is 1. The van der Waals surface area contributed by atoms with Gasteiger partial charge in [-0.1, -0.05) is 6.07 Å². The molecule has 26 heavy (non-hydrogen) atoms. The lowest BCUT2D eigenvalue weighted by atomic mass is 9.99. The molecule has 0 radical (unpaired) electrons. The Hall–Kier alpha value is -3.15. The number of nitrogen functional groups attached to an aromatic ring is 1. The Morgan fingerprint density at radius 2 is 2.12 bits per heavy atom. The molecule has 1 aliphatic carbocycles. The molecule has 6 heteroatoms. The number of nitrogens with two attached hydrogens (primary N) is 1. The highest BCUT2D eigenvalue weighted by Crippen LogP contribution is 2.38. The van der Waals surface area contributed by atoms with E-state index in [1.165, 1.54) is 0 Å². The molecule has 2 atom stereocenters. The smallest absolute Gasteiger partial charge is 0.189 e. The van der Waals surface area contributed by atoms with E-state index in [1.54, 1.807) is 4.40 Å². The number of ketones is 1. The minimum Gasteiger partial charge on any atom is -0.382 e. The molecule has 0 bridgehead atoms. The van der Waals surface area contributed by atoms with E-state index in [1.807, 2.05) is 36.7 Å². The van der Waals surface area contributed by atoms with Crippen LogP contribution in [0.25, 0.3) is 27.7 Å². The maximum absolute atomic E-state index is 13.4. The van der Waals surface area contributed by atoms with Gasteiger partial charge < -0.3 is 10.7 Å². The van der Waals surface area contributed by atoms with Gasteiger partial charge in [-0.05, 0) is 54.3 Å². The molecule has 0 aliphatic heterocycles. The number of halogens is 1. The van der Waals surface area contributed by atoms with Crippen LogP contribution < -0.4 is 5.73 Å². The Bertz CT molecular complexity index is 1190. The first-order valence-electron chi connectivity index (χ1n) is 8.57. The van der Waals surface area contributed by atoms with E-state index in [0.29, 0.717) is 5.65 Å². The summed E-state index contributed by atoms with van der Waals surface area (Å²) >= 11 is 0. The summed E-state index contributed by atoms with van der Waals surface area (Å²) in [5, 5.41) is 1.15. The number of anilines is 1. The molecule has 0 spiro atoms. The molecule has 3 aromatic heterocycles. The average molecular weight is 348 g/mol. The average Bonchev–Trinajstić information content (AvgIpc) is 3.04. The van der Waals surface area contributed by atoms with Gasteiger partial charge >= 0.3 is 0 Å². The summed E-state index contributed by atoms with van der Waals surface area (Å²) in [6, 6.07) is 9.93. The molecule has 0 unspecified atom stereocenters. The van der Waals surface area contributed by atoms with Crippen molar-refractivity contribution in [1.82, 2.24) is 14.4 Å². The zero-order valence-electron chi connectivity index (χ0n) is 14.2. The number of fused-ring (bicyclic) bond motifs is 2. The highest BCUT2D eigenvalue weighted by atomic mass is 19.1. The predicted octanol–water partition coefficient (Wildman–Crippen LogP) is 3.91. The Kier molecular flexibility index (Phi) is 3.01. The Morgan fingerprint density at radius 3 is 2.88 bits per heavy atom. The number of hydrogen-bond donors (Lipinski definition) is 2. The lowest BCUT2D eigenvalue weighted by Crippen LogP contribution is -2.10. The number of carbonyl (C=O) groups excluding carboxylic acids is 1. The quantitative estimate of drug-likeness (QED) is 0.551. The van der Waals surface area contributed by atoms with Gasteiger partial charge in [-0.2, -0.15) is 0 Å². The lowest BCUT2D eigenvalue weighted by molar-refractivity contribution is 0.0952. The van der Waals surface area contributed by atoms with Crippen molar-refractivity contribution in [3.05, 3.63) is 54.0 Å². The van der Waals surface area contributed by atoms with E-state index in [0.717, 1.165) is 27.6 Å². The molecular formula is C20H17FN4O. The van der Waals surface area contributed by atoms with Crippen molar-refractivity contribution in [2.75, 3.05) is 5.73 Å². The van der Waals surface area contributed by atoms with Crippen LogP contribution in [0, 0.1) is 12.8 Å². The second kappa shape index (κ2) is 5.17. The van der Waals surface area contributed by atoms with Gasteiger partial charge in [0.2, 0.25) is 0 Å². The van der Waals surface area contributed by atoms with Crippen LogP contribution in [0.4, 0.5) is 10.2 Å². The second-order valence-electron chi connectivity index (χ2n) is 6.89. The maximum atomic E-state index is 13.4. The zero-order valence-corrected chi connectivity index (χ0v) is 14.2. The fourth-order valence-corrected chi connectivity index (χ4v) is 3.67. The number of aromatic nitrogens is 3. The number of rotatable bonds is 3. The minimum atomic E-state index is -1.06. The highest BCUT2D eigenvalue weighted by molar-refractivity contribution is 6.03. The Morgan fingerprint density at radius 1 is 1.31 bits per heavy atom. The van der Waals surface area contributed by atoms with E-state index in [-0.39, 0.29) is 23.7 Å². The first-order valence-corrected chi connectivity index (χ1v) is 8.57. The summed E-state index contributed by atoms with van der Waals surface area (Å²) in [5.41, 5.74) is 11.1. The summed E-state index contributed by atoms with van der Waals surface area (Å²) in [6.45, 7) is 2.07. The number of alkyl halides is 1. The third-order valence-electron chi connectivity index (χ3n) is 5.24. The summed E-state index contributed by atoms with van der Waals surface area (Å²) in [7, 11) is 0. The van der Waals surface area contributed by atoms with Crippen molar-refractivity contribution in [2.45, 2.75) is 19.5 Å². The molecule has 1 fully saturated rings. The molecule has 1 saturated carbocycles. The van der Waals surface area contributed by atoms with Crippen molar-refractivity contribution < 1.29 is 9.18 Å². The van der Waals surface area contributed by atoms with Crippen molar-refractivity contribution in [3.63, 3.8) is 0 Å². The number of Topliss-reactive ketones (excluding diaryl/α,β-unsaturated/α-hetero) is 1. The number of H-pyrrole nitrogens is 1. The van der Waals surface area contributed by atoms with Gasteiger partial charge in [0.25, 0.3) is 0 Å². The molecule has 5 nitrogen and oxygen atoms in total. The molecule has 1 aliphatic rings. The van der Waals surface area contributed by atoms with Crippen molar-refractivity contribution in [3.8, 4) is 11.1 Å². The molecule has 5 rings (SSSR count). The van der Waals surface area contributed by atoms with Gasteiger partial charge in [0.1, 0.15) is 17.5 Å². The van der Waals surface area contributed by atoms with Crippen LogP contribution in [0.3, 0.4) is 0 Å². The summed E-state index contributed by atoms with van der Waals surface area (Å²) in [4.78, 5) is 20.1. The van der Waals surface area contributed by atoms with E-state index < -0.39 is 12.1 Å². The molecule has 1 aromatic carbocycles. The van der Waals surface area contributed by atoms with Gasteiger partial charge in [0, 0.05) is 23.3 Å². The van der Waals surface area contributed by atoms with Gasteiger partial charge in [-0.15, -0.1) is 0 Å². The minimum absolute atomic E-state index is 0.157. The fourth-order valence-electron chi connectivity index (χ4n) is 3.67. The SMILES string of the molecule is Cc1c(-c2ccc3nc(N)c(C(=O)[C@@H]4C[C@H]4F)n3c2)ccc2[nH]ccc12. The molecule has 0 saturated heterocycles. The van der Waals surface area contributed by atoms with Gasteiger partial charge in [-0.25, -0.2) is 9.37 Å². The Balaban J connectivity index is 1.69. The molecule has 4 aromatic rings. The first-order chi connectivity index (χ1) is 12.5. The van der Waals surface area contributed by atoms with Crippen molar-refractivity contribution >= 4 is 28.2 Å². The number of benzene rings is 1. The van der Waals surface area contributed by atoms with Gasteiger partial charge in [0.15, 0.2) is 11.6 Å². The number of aryl methyl sites for hydroxylation is 1. The third kappa shape index (κ3) is 2.08. The van der Waals surface area contributed by atoms with Crippen molar-refractivity contribution in [1.29, 1.82) is 0 Å². The van der Waals surface area contributed by atoms with Crippen LogP contribution in [-0.4, -0.2) is 26.3 Å². The van der Waals surface area contributed by atoms with E-state index >= 15 is 0 Å². The number of carbonyl (C=O) groups is 1. The first kappa shape index (κ1) is 15.1.